The van der Waals surface area contributed by atoms with Crippen molar-refractivity contribution in [2.75, 3.05) is 0 Å². The van der Waals surface area contributed by atoms with Crippen LogP contribution in [0.4, 0.5) is 0 Å². The third-order valence-corrected chi connectivity index (χ3v) is 3.55. The summed E-state index contributed by atoms with van der Waals surface area (Å²) in [6.07, 6.45) is 1.75. The molecular formula is C13H15ClN4OS. The monoisotopic (exact) mass is 310 g/mol. The van der Waals surface area contributed by atoms with Gasteiger partial charge in [-0.25, -0.2) is 15.0 Å². The lowest BCUT2D eigenvalue weighted by Gasteiger charge is -2.04. The van der Waals surface area contributed by atoms with E-state index in [2.05, 4.69) is 26.9 Å². The summed E-state index contributed by atoms with van der Waals surface area (Å²) < 4.78 is 0. The van der Waals surface area contributed by atoms with E-state index >= 15 is 0 Å². The van der Waals surface area contributed by atoms with Crippen LogP contribution in [0.25, 0.3) is 0 Å². The Morgan fingerprint density at radius 1 is 1.30 bits per heavy atom. The Kier molecular flexibility index (Phi) is 5.14. The third kappa shape index (κ3) is 4.31. The van der Waals surface area contributed by atoms with E-state index in [1.165, 1.54) is 17.8 Å². The molecular weight excluding hydrogens is 296 g/mol. The molecule has 0 aliphatic heterocycles. The van der Waals surface area contributed by atoms with E-state index in [0.717, 1.165) is 24.2 Å². The van der Waals surface area contributed by atoms with Gasteiger partial charge in [-0.15, -0.1) is 0 Å². The normalized spacial score (nSPS) is 10.8. The van der Waals surface area contributed by atoms with E-state index in [0.29, 0.717) is 21.9 Å². The molecule has 20 heavy (non-hydrogen) atoms. The van der Waals surface area contributed by atoms with Crippen LogP contribution in [0, 0.1) is 6.92 Å². The van der Waals surface area contributed by atoms with Gasteiger partial charge in [-0.2, -0.15) is 0 Å². The second kappa shape index (κ2) is 6.85. The first-order valence-electron chi connectivity index (χ1n) is 6.30. The van der Waals surface area contributed by atoms with E-state index in [4.69, 9.17) is 11.6 Å². The second-order valence-corrected chi connectivity index (χ2v) is 5.68. The molecule has 0 fully saturated rings. The zero-order valence-electron chi connectivity index (χ0n) is 11.3. The first-order valence-corrected chi connectivity index (χ1v) is 7.66. The molecule has 2 aromatic heterocycles. The quantitative estimate of drug-likeness (QED) is 0.522. The number of hydrogen-bond donors (Lipinski definition) is 1. The highest BCUT2D eigenvalue weighted by Gasteiger charge is 2.05. The lowest BCUT2D eigenvalue weighted by Crippen LogP contribution is -2.10. The summed E-state index contributed by atoms with van der Waals surface area (Å²) in [6, 6.07) is 3.24. The summed E-state index contributed by atoms with van der Waals surface area (Å²) in [4.78, 5) is 27.1. The van der Waals surface area contributed by atoms with Gasteiger partial charge in [0.15, 0.2) is 5.16 Å². The molecule has 2 heterocycles. The van der Waals surface area contributed by atoms with Crippen LogP contribution in [-0.4, -0.2) is 19.9 Å². The Hall–Kier alpha value is -1.40. The maximum absolute atomic E-state index is 11.5. The Labute approximate surface area is 126 Å². The van der Waals surface area contributed by atoms with Crippen molar-refractivity contribution < 1.29 is 0 Å². The van der Waals surface area contributed by atoms with Crippen LogP contribution in [0.3, 0.4) is 0 Å². The van der Waals surface area contributed by atoms with E-state index < -0.39 is 0 Å². The number of aryl methyl sites for hydroxylation is 2. The Bertz CT molecular complexity index is 639. The maximum Gasteiger partial charge on any atom is 0.251 e. The lowest BCUT2D eigenvalue weighted by atomic mass is 10.2. The van der Waals surface area contributed by atoms with Crippen molar-refractivity contribution in [2.24, 2.45) is 0 Å². The first kappa shape index (κ1) is 15.0. The minimum Gasteiger partial charge on any atom is -0.301 e. The molecule has 0 radical (unpaired) electrons. The summed E-state index contributed by atoms with van der Waals surface area (Å²) >= 11 is 7.28. The van der Waals surface area contributed by atoms with Gasteiger partial charge in [0.25, 0.3) is 5.56 Å². The van der Waals surface area contributed by atoms with E-state index in [1.807, 2.05) is 6.92 Å². The Morgan fingerprint density at radius 3 is 2.80 bits per heavy atom. The highest BCUT2D eigenvalue weighted by Crippen LogP contribution is 2.18. The minimum absolute atomic E-state index is 0.130. The molecule has 0 aliphatic rings. The largest absolute Gasteiger partial charge is 0.301 e. The number of nitrogens with zero attached hydrogens (tertiary/aromatic N) is 3. The Balaban J connectivity index is 2.12. The molecule has 0 saturated carbocycles. The van der Waals surface area contributed by atoms with Gasteiger partial charge in [-0.1, -0.05) is 36.7 Å². The van der Waals surface area contributed by atoms with Crippen molar-refractivity contribution in [1.82, 2.24) is 19.9 Å². The lowest BCUT2D eigenvalue weighted by molar-refractivity contribution is 0.815. The van der Waals surface area contributed by atoms with Gasteiger partial charge in [-0.05, 0) is 19.4 Å². The fourth-order valence-electron chi connectivity index (χ4n) is 1.72. The summed E-state index contributed by atoms with van der Waals surface area (Å²) in [5, 5.41) is 1.01. The average molecular weight is 311 g/mol. The smallest absolute Gasteiger partial charge is 0.251 e. The van der Waals surface area contributed by atoms with Gasteiger partial charge in [0, 0.05) is 17.5 Å². The molecule has 0 spiro atoms. The number of hydrogen-bond acceptors (Lipinski definition) is 5. The summed E-state index contributed by atoms with van der Waals surface area (Å²) in [7, 11) is 0. The zero-order valence-corrected chi connectivity index (χ0v) is 12.9. The molecule has 0 unspecified atom stereocenters. The van der Waals surface area contributed by atoms with E-state index in [9.17, 15) is 4.79 Å². The van der Waals surface area contributed by atoms with Crippen molar-refractivity contribution in [2.45, 2.75) is 37.6 Å². The van der Waals surface area contributed by atoms with Crippen molar-refractivity contribution in [3.63, 3.8) is 0 Å². The number of aromatic amines is 1. The van der Waals surface area contributed by atoms with Gasteiger partial charge in [0.05, 0.1) is 5.75 Å². The molecule has 0 saturated heterocycles. The van der Waals surface area contributed by atoms with Crippen LogP contribution < -0.4 is 5.56 Å². The molecule has 7 heteroatoms. The fraction of sp³-hybridized carbons (Fsp3) is 0.385. The number of rotatable bonds is 5. The summed E-state index contributed by atoms with van der Waals surface area (Å²) in [5.41, 5.74) is 1.50. The van der Waals surface area contributed by atoms with Crippen molar-refractivity contribution in [3.8, 4) is 0 Å². The number of aromatic nitrogens is 4. The Morgan fingerprint density at radius 2 is 2.10 bits per heavy atom. The van der Waals surface area contributed by atoms with Gasteiger partial charge >= 0.3 is 0 Å². The maximum atomic E-state index is 11.5. The number of nitrogens with one attached hydrogen (secondary N) is 1. The second-order valence-electron chi connectivity index (χ2n) is 4.33. The first-order chi connectivity index (χ1) is 9.56. The summed E-state index contributed by atoms with van der Waals surface area (Å²) in [5.74, 6) is 1.14. The van der Waals surface area contributed by atoms with Crippen molar-refractivity contribution in [1.29, 1.82) is 0 Å². The topological polar surface area (TPSA) is 71.5 Å². The highest BCUT2D eigenvalue weighted by atomic mass is 35.5. The van der Waals surface area contributed by atoms with E-state index in [-0.39, 0.29) is 5.56 Å². The molecule has 106 valence electrons. The van der Waals surface area contributed by atoms with Crippen molar-refractivity contribution >= 4 is 23.4 Å². The fourth-order valence-corrected chi connectivity index (χ4v) is 2.73. The molecule has 0 aromatic carbocycles. The SMILES string of the molecule is CCCc1cc(=O)[nH]c(SCc2nc(C)cc(Cl)n2)n1. The molecule has 0 atom stereocenters. The minimum atomic E-state index is -0.130. The molecule has 2 rings (SSSR count). The molecule has 0 amide bonds. The van der Waals surface area contributed by atoms with Gasteiger partial charge in [-0.3, -0.25) is 4.79 Å². The van der Waals surface area contributed by atoms with Crippen LogP contribution in [0.1, 0.15) is 30.6 Å². The third-order valence-electron chi connectivity index (χ3n) is 2.49. The van der Waals surface area contributed by atoms with Crippen LogP contribution in [0.5, 0.6) is 0 Å². The molecule has 0 bridgehead atoms. The van der Waals surface area contributed by atoms with Crippen LogP contribution in [0.15, 0.2) is 22.1 Å². The predicted molar refractivity (Wildman–Crippen MR) is 80.2 cm³/mol. The van der Waals surface area contributed by atoms with E-state index in [1.54, 1.807) is 6.07 Å². The molecule has 0 aliphatic carbocycles. The van der Waals surface area contributed by atoms with Gasteiger partial charge in [0.1, 0.15) is 11.0 Å². The number of halogens is 1. The molecule has 1 N–H and O–H groups in total. The van der Waals surface area contributed by atoms with Crippen LogP contribution in [0.2, 0.25) is 5.15 Å². The van der Waals surface area contributed by atoms with Gasteiger partial charge in [0.2, 0.25) is 0 Å². The van der Waals surface area contributed by atoms with Crippen molar-refractivity contribution in [3.05, 3.63) is 44.9 Å². The van der Waals surface area contributed by atoms with Gasteiger partial charge < -0.3 is 4.98 Å². The number of H-pyrrole nitrogens is 1. The average Bonchev–Trinajstić information content (AvgIpc) is 2.35. The number of thioether (sulfide) groups is 1. The highest BCUT2D eigenvalue weighted by molar-refractivity contribution is 7.98. The zero-order chi connectivity index (χ0) is 14.5. The standard InChI is InChI=1S/C13H15ClN4OS/c1-3-4-9-6-12(19)18-13(16-9)20-7-11-15-8(2)5-10(14)17-11/h5-6H,3-4,7H2,1-2H3,(H,16,18,19). The summed E-state index contributed by atoms with van der Waals surface area (Å²) in [6.45, 7) is 3.92. The molecule has 5 nitrogen and oxygen atoms in total. The van der Waals surface area contributed by atoms with Crippen LogP contribution in [-0.2, 0) is 12.2 Å². The van der Waals surface area contributed by atoms with Crippen LogP contribution >= 0.6 is 23.4 Å². The molecule has 2 aromatic rings. The predicted octanol–water partition coefficient (Wildman–Crippen LogP) is 2.77.